The number of ether oxygens (including phenoxy) is 1. The quantitative estimate of drug-likeness (QED) is 0.362. The van der Waals surface area contributed by atoms with E-state index in [0.717, 1.165) is 18.8 Å². The summed E-state index contributed by atoms with van der Waals surface area (Å²) < 4.78 is 4.92. The third kappa shape index (κ3) is 7.76. The van der Waals surface area contributed by atoms with E-state index >= 15 is 0 Å². The van der Waals surface area contributed by atoms with Gasteiger partial charge in [-0.1, -0.05) is 0 Å². The number of guanidine groups is 1. The summed E-state index contributed by atoms with van der Waals surface area (Å²) in [5.41, 5.74) is 0. The molecule has 3 N–H and O–H groups in total. The zero-order valence-electron chi connectivity index (χ0n) is 12.7. The van der Waals surface area contributed by atoms with Crippen molar-refractivity contribution in [1.82, 2.24) is 16.0 Å². The van der Waals surface area contributed by atoms with E-state index in [1.165, 1.54) is 0 Å². The molecule has 0 aliphatic heterocycles. The Morgan fingerprint density at radius 2 is 2.00 bits per heavy atom. The molecule has 20 heavy (non-hydrogen) atoms. The molecule has 0 aromatic rings. The predicted octanol–water partition coefficient (Wildman–Crippen LogP) is 1.70. The van der Waals surface area contributed by atoms with Gasteiger partial charge in [0.1, 0.15) is 0 Å². The van der Waals surface area contributed by atoms with Crippen LogP contribution in [0.1, 0.15) is 33.6 Å². The van der Waals surface area contributed by atoms with E-state index in [-0.39, 0.29) is 36.1 Å². The van der Waals surface area contributed by atoms with Crippen LogP contribution in [0.25, 0.3) is 0 Å². The summed E-state index contributed by atoms with van der Waals surface area (Å²) in [6.45, 7) is 6.98. The molecule has 1 unspecified atom stereocenters. The van der Waals surface area contributed by atoms with Crippen LogP contribution in [0.4, 0.5) is 4.79 Å². The summed E-state index contributed by atoms with van der Waals surface area (Å²) in [7, 11) is 1.74. The fraction of sp³-hybridized carbons (Fsp3) is 0.846. The van der Waals surface area contributed by atoms with Crippen LogP contribution in [0.2, 0.25) is 0 Å². The lowest BCUT2D eigenvalue weighted by atomic mass is 10.2. The zero-order valence-corrected chi connectivity index (χ0v) is 15.1. The van der Waals surface area contributed by atoms with Crippen LogP contribution in [0.15, 0.2) is 4.99 Å². The fourth-order valence-corrected chi connectivity index (χ4v) is 1.83. The van der Waals surface area contributed by atoms with Crippen molar-refractivity contribution in [3.63, 3.8) is 0 Å². The molecular formula is C13H27IN4O2. The van der Waals surface area contributed by atoms with Gasteiger partial charge in [0, 0.05) is 19.6 Å². The Balaban J connectivity index is 0.00000361. The third-order valence-corrected chi connectivity index (χ3v) is 2.91. The van der Waals surface area contributed by atoms with E-state index in [2.05, 4.69) is 34.8 Å². The van der Waals surface area contributed by atoms with Crippen LogP contribution in [0.3, 0.4) is 0 Å². The minimum atomic E-state index is -0.340. The second kappa shape index (κ2) is 10.1. The van der Waals surface area contributed by atoms with E-state index in [4.69, 9.17) is 4.74 Å². The second-order valence-corrected chi connectivity index (χ2v) is 5.06. The molecule has 0 bridgehead atoms. The van der Waals surface area contributed by atoms with Crippen molar-refractivity contribution in [2.45, 2.75) is 45.7 Å². The average molecular weight is 398 g/mol. The van der Waals surface area contributed by atoms with Crippen LogP contribution < -0.4 is 16.0 Å². The topological polar surface area (TPSA) is 74.8 Å². The van der Waals surface area contributed by atoms with Crippen molar-refractivity contribution in [3.05, 3.63) is 0 Å². The molecule has 0 heterocycles. The van der Waals surface area contributed by atoms with Crippen LogP contribution in [0, 0.1) is 5.92 Å². The highest BCUT2D eigenvalue weighted by Crippen LogP contribution is 2.32. The van der Waals surface area contributed by atoms with Gasteiger partial charge in [-0.25, -0.2) is 4.79 Å². The van der Waals surface area contributed by atoms with Crippen molar-refractivity contribution < 1.29 is 9.53 Å². The summed E-state index contributed by atoms with van der Waals surface area (Å²) in [5, 5.41) is 9.36. The van der Waals surface area contributed by atoms with Gasteiger partial charge in [0.15, 0.2) is 5.96 Å². The highest BCUT2D eigenvalue weighted by atomic mass is 127. The molecule has 0 aromatic carbocycles. The SMILES string of the molecule is CCOC(=O)NC(CNC(=NC)NC(C)C)C1CC1.I. The lowest BCUT2D eigenvalue weighted by molar-refractivity contribution is 0.146. The largest absolute Gasteiger partial charge is 0.450 e. The van der Waals surface area contributed by atoms with Gasteiger partial charge in [0.25, 0.3) is 0 Å². The van der Waals surface area contributed by atoms with Crippen molar-refractivity contribution in [2.75, 3.05) is 20.2 Å². The number of alkyl carbamates (subject to hydrolysis) is 1. The van der Waals surface area contributed by atoms with Crippen molar-refractivity contribution in [1.29, 1.82) is 0 Å². The van der Waals surface area contributed by atoms with E-state index < -0.39 is 0 Å². The van der Waals surface area contributed by atoms with Crippen molar-refractivity contribution in [3.8, 4) is 0 Å². The molecule has 6 nitrogen and oxygen atoms in total. The molecule has 1 atom stereocenters. The molecular weight excluding hydrogens is 371 g/mol. The van der Waals surface area contributed by atoms with Gasteiger partial charge < -0.3 is 20.7 Å². The molecule has 0 spiro atoms. The number of hydrogen-bond acceptors (Lipinski definition) is 3. The number of carbonyl (C=O) groups excluding carboxylic acids is 1. The Bertz CT molecular complexity index is 319. The smallest absolute Gasteiger partial charge is 0.407 e. The summed E-state index contributed by atoms with van der Waals surface area (Å²) >= 11 is 0. The maximum Gasteiger partial charge on any atom is 0.407 e. The fourth-order valence-electron chi connectivity index (χ4n) is 1.83. The number of carbonyl (C=O) groups is 1. The van der Waals surface area contributed by atoms with E-state index in [9.17, 15) is 4.79 Å². The van der Waals surface area contributed by atoms with E-state index in [0.29, 0.717) is 25.1 Å². The normalized spacial score (nSPS) is 16.1. The molecule has 1 rings (SSSR count). The molecule has 1 fully saturated rings. The highest BCUT2D eigenvalue weighted by molar-refractivity contribution is 14.0. The summed E-state index contributed by atoms with van der Waals surface area (Å²) in [5.74, 6) is 1.31. The second-order valence-electron chi connectivity index (χ2n) is 5.06. The predicted molar refractivity (Wildman–Crippen MR) is 91.7 cm³/mol. The van der Waals surface area contributed by atoms with Crippen LogP contribution >= 0.6 is 24.0 Å². The average Bonchev–Trinajstić information content (AvgIpc) is 3.16. The van der Waals surface area contributed by atoms with Gasteiger partial charge in [-0.05, 0) is 39.5 Å². The molecule has 1 amide bonds. The molecule has 1 aliphatic rings. The lowest BCUT2D eigenvalue weighted by Gasteiger charge is -2.21. The van der Waals surface area contributed by atoms with E-state index in [1.807, 2.05) is 0 Å². The summed E-state index contributed by atoms with van der Waals surface area (Å²) in [4.78, 5) is 15.6. The first kappa shape index (κ1) is 19.3. The van der Waals surface area contributed by atoms with Gasteiger partial charge in [-0.2, -0.15) is 0 Å². The van der Waals surface area contributed by atoms with Crippen molar-refractivity contribution in [2.24, 2.45) is 10.9 Å². The van der Waals surface area contributed by atoms with Crippen LogP contribution in [0.5, 0.6) is 0 Å². The molecule has 1 aliphatic carbocycles. The Hall–Kier alpha value is -0.730. The Morgan fingerprint density at radius 1 is 1.35 bits per heavy atom. The maximum absolute atomic E-state index is 11.5. The number of aliphatic imine (C=N–C) groups is 1. The number of nitrogens with one attached hydrogen (secondary N) is 3. The standard InChI is InChI=1S/C13H26N4O2.HI/c1-5-19-13(18)17-11(10-6-7-10)8-15-12(14-4)16-9(2)3;/h9-11H,5-8H2,1-4H3,(H,17,18)(H2,14,15,16);1H. The van der Waals surface area contributed by atoms with Crippen LogP contribution in [-0.4, -0.2) is 44.3 Å². The molecule has 0 aromatic heterocycles. The number of rotatable bonds is 6. The maximum atomic E-state index is 11.5. The molecule has 1 saturated carbocycles. The number of nitrogens with zero attached hydrogens (tertiary/aromatic N) is 1. The van der Waals surface area contributed by atoms with Crippen molar-refractivity contribution >= 4 is 36.0 Å². The first-order valence-electron chi connectivity index (χ1n) is 6.97. The third-order valence-electron chi connectivity index (χ3n) is 2.91. The van der Waals surface area contributed by atoms with Crippen LogP contribution in [-0.2, 0) is 4.74 Å². The molecule has 0 saturated heterocycles. The first-order valence-corrected chi connectivity index (χ1v) is 6.97. The Morgan fingerprint density at radius 3 is 2.45 bits per heavy atom. The number of amides is 1. The Labute approximate surface area is 138 Å². The lowest BCUT2D eigenvalue weighted by Crippen LogP contribution is -2.49. The van der Waals surface area contributed by atoms with Gasteiger partial charge >= 0.3 is 6.09 Å². The van der Waals surface area contributed by atoms with Gasteiger partial charge in [0.05, 0.1) is 12.6 Å². The number of halogens is 1. The first-order chi connectivity index (χ1) is 9.06. The highest BCUT2D eigenvalue weighted by Gasteiger charge is 2.32. The summed E-state index contributed by atoms with van der Waals surface area (Å²) in [6, 6.07) is 0.424. The monoisotopic (exact) mass is 398 g/mol. The molecule has 7 heteroatoms. The molecule has 118 valence electrons. The summed E-state index contributed by atoms with van der Waals surface area (Å²) in [6.07, 6.45) is 1.98. The van der Waals surface area contributed by atoms with Gasteiger partial charge in [-0.15, -0.1) is 24.0 Å². The van der Waals surface area contributed by atoms with Gasteiger partial charge in [-0.3, -0.25) is 4.99 Å². The minimum absolute atomic E-state index is 0. The Kier molecular flexibility index (Phi) is 9.70. The van der Waals surface area contributed by atoms with Gasteiger partial charge in [0.2, 0.25) is 0 Å². The minimum Gasteiger partial charge on any atom is -0.450 e. The molecule has 0 radical (unpaired) electrons. The zero-order chi connectivity index (χ0) is 14.3. The number of hydrogen-bond donors (Lipinski definition) is 3. The van der Waals surface area contributed by atoms with E-state index in [1.54, 1.807) is 14.0 Å².